The van der Waals surface area contributed by atoms with E-state index in [0.29, 0.717) is 11.5 Å². The summed E-state index contributed by atoms with van der Waals surface area (Å²) >= 11 is 0. The van der Waals surface area contributed by atoms with Gasteiger partial charge in [-0.2, -0.15) is 5.26 Å². The van der Waals surface area contributed by atoms with Crippen LogP contribution in [0.5, 0.6) is 0 Å². The first-order chi connectivity index (χ1) is 9.74. The molecule has 0 amide bonds. The second-order valence-electron chi connectivity index (χ2n) is 5.61. The van der Waals surface area contributed by atoms with E-state index in [9.17, 15) is 4.39 Å². The molecular formula is C18H20FN. The zero-order valence-electron chi connectivity index (χ0n) is 12.0. The quantitative estimate of drug-likeness (QED) is 0.725. The highest BCUT2D eigenvalue weighted by Gasteiger charge is 2.22. The second-order valence-corrected chi connectivity index (χ2v) is 5.61. The molecule has 1 aromatic rings. The summed E-state index contributed by atoms with van der Waals surface area (Å²) in [4.78, 5) is 0. The maximum Gasteiger partial charge on any atom is 0.152 e. The van der Waals surface area contributed by atoms with Crippen molar-refractivity contribution in [2.45, 2.75) is 51.4 Å². The first-order valence-corrected chi connectivity index (χ1v) is 7.44. The molecule has 0 unspecified atom stereocenters. The summed E-state index contributed by atoms with van der Waals surface area (Å²) in [5.41, 5.74) is 1.40. The zero-order valence-corrected chi connectivity index (χ0v) is 12.0. The van der Waals surface area contributed by atoms with Crippen LogP contribution in [0.15, 0.2) is 18.2 Å². The van der Waals surface area contributed by atoms with Gasteiger partial charge in [-0.1, -0.05) is 25.8 Å². The monoisotopic (exact) mass is 269 g/mol. The predicted molar refractivity (Wildman–Crippen MR) is 78.5 cm³/mol. The molecule has 1 aromatic carbocycles. The number of hydrogen-bond acceptors (Lipinski definition) is 1. The summed E-state index contributed by atoms with van der Waals surface area (Å²) in [5.74, 6) is 5.81. The minimum absolute atomic E-state index is 0.305. The Morgan fingerprint density at radius 3 is 2.60 bits per heavy atom. The molecule has 1 saturated carbocycles. The fourth-order valence-corrected chi connectivity index (χ4v) is 3.17. The summed E-state index contributed by atoms with van der Waals surface area (Å²) < 4.78 is 13.9. The van der Waals surface area contributed by atoms with Crippen LogP contribution in [0, 0.1) is 34.9 Å². The highest BCUT2D eigenvalue weighted by Crippen LogP contribution is 2.37. The molecule has 0 heterocycles. The van der Waals surface area contributed by atoms with Crippen molar-refractivity contribution in [3.05, 3.63) is 35.1 Å². The van der Waals surface area contributed by atoms with E-state index in [1.807, 2.05) is 6.07 Å². The molecule has 20 heavy (non-hydrogen) atoms. The van der Waals surface area contributed by atoms with Crippen LogP contribution in [-0.2, 0) is 0 Å². The van der Waals surface area contributed by atoms with Crippen molar-refractivity contribution in [3.63, 3.8) is 0 Å². The van der Waals surface area contributed by atoms with Crippen LogP contribution in [0.3, 0.4) is 0 Å². The maximum atomic E-state index is 13.9. The Bertz CT molecular complexity index is 551. The Kier molecular flexibility index (Phi) is 5.19. The van der Waals surface area contributed by atoms with E-state index in [-0.39, 0.29) is 5.82 Å². The maximum absolute atomic E-state index is 13.9. The van der Waals surface area contributed by atoms with E-state index in [1.54, 1.807) is 18.2 Å². The molecule has 1 fully saturated rings. The number of halogens is 1. The van der Waals surface area contributed by atoms with Gasteiger partial charge in [0.25, 0.3) is 0 Å². The molecule has 0 radical (unpaired) electrons. The molecule has 0 saturated heterocycles. The Hall–Kier alpha value is -1.80. The van der Waals surface area contributed by atoms with E-state index < -0.39 is 0 Å². The van der Waals surface area contributed by atoms with Gasteiger partial charge in [-0.05, 0) is 61.1 Å². The van der Waals surface area contributed by atoms with Gasteiger partial charge in [0.05, 0.1) is 5.56 Å². The normalized spacial score (nSPS) is 21.6. The van der Waals surface area contributed by atoms with Crippen molar-refractivity contribution in [2.75, 3.05) is 0 Å². The molecule has 0 N–H and O–H groups in total. The molecule has 0 spiro atoms. The van der Waals surface area contributed by atoms with Crippen molar-refractivity contribution >= 4 is 0 Å². The molecule has 0 atom stereocenters. The lowest BCUT2D eigenvalue weighted by Gasteiger charge is -2.28. The number of hydrogen-bond donors (Lipinski definition) is 0. The van der Waals surface area contributed by atoms with Crippen LogP contribution in [0.1, 0.15) is 62.5 Å². The second kappa shape index (κ2) is 7.11. The zero-order chi connectivity index (χ0) is 14.4. The summed E-state index contributed by atoms with van der Waals surface area (Å²) in [6.45, 7) is 2.24. The van der Waals surface area contributed by atoms with Crippen molar-refractivity contribution in [2.24, 2.45) is 5.92 Å². The fraction of sp³-hybridized carbons (Fsp3) is 0.500. The minimum Gasteiger partial charge on any atom is -0.206 e. The number of rotatable bonds is 3. The lowest BCUT2D eigenvalue weighted by molar-refractivity contribution is 0.308. The van der Waals surface area contributed by atoms with E-state index >= 15 is 0 Å². The first kappa shape index (κ1) is 14.6. The molecular weight excluding hydrogens is 249 g/mol. The molecule has 1 aliphatic carbocycles. The van der Waals surface area contributed by atoms with Crippen molar-refractivity contribution in [1.29, 1.82) is 5.26 Å². The number of nitriles is 1. The molecule has 0 aromatic heterocycles. The van der Waals surface area contributed by atoms with Crippen LogP contribution < -0.4 is 0 Å². The van der Waals surface area contributed by atoms with Gasteiger partial charge in [0.2, 0.25) is 0 Å². The van der Waals surface area contributed by atoms with Crippen molar-refractivity contribution < 1.29 is 4.39 Å². The Labute approximate surface area is 120 Å². The highest BCUT2D eigenvalue weighted by atomic mass is 19.1. The fourth-order valence-electron chi connectivity index (χ4n) is 3.17. The van der Waals surface area contributed by atoms with E-state index in [1.165, 1.54) is 25.7 Å². The average Bonchev–Trinajstić information content (AvgIpc) is 2.47. The lowest BCUT2D eigenvalue weighted by Crippen LogP contribution is -2.13. The third-order valence-electron chi connectivity index (χ3n) is 4.26. The van der Waals surface area contributed by atoms with E-state index in [2.05, 4.69) is 18.8 Å². The van der Waals surface area contributed by atoms with Crippen LogP contribution in [0.2, 0.25) is 0 Å². The van der Waals surface area contributed by atoms with Gasteiger partial charge in [-0.25, -0.2) is 4.39 Å². The van der Waals surface area contributed by atoms with Gasteiger partial charge >= 0.3 is 0 Å². The summed E-state index contributed by atoms with van der Waals surface area (Å²) in [6, 6.07) is 6.98. The number of nitrogens with zero attached hydrogens (tertiary/aromatic N) is 1. The minimum atomic E-state index is -0.305. The van der Waals surface area contributed by atoms with Crippen LogP contribution in [0.25, 0.3) is 0 Å². The molecule has 1 nitrogen and oxygen atoms in total. The topological polar surface area (TPSA) is 23.8 Å². The molecule has 2 rings (SSSR count). The predicted octanol–water partition coefficient (Wildman–Crippen LogP) is 4.77. The average molecular weight is 269 g/mol. The third-order valence-corrected chi connectivity index (χ3v) is 4.26. The smallest absolute Gasteiger partial charge is 0.152 e. The van der Waals surface area contributed by atoms with Gasteiger partial charge in [-0.3, -0.25) is 0 Å². The largest absolute Gasteiger partial charge is 0.206 e. The number of benzene rings is 1. The lowest BCUT2D eigenvalue weighted by atomic mass is 9.77. The van der Waals surface area contributed by atoms with Gasteiger partial charge in [0.15, 0.2) is 6.07 Å². The molecule has 1 aliphatic rings. The Balaban J connectivity index is 2.04. The standard InChI is InChI=1S/C18H20FN/c1-2-4-14-6-8-15(9-7-14)17-11-10-16(5-3-12-20)18(19)13-17/h10-11,13-15H,2,4,6-9H2,1H3/t14-,15-. The Morgan fingerprint density at radius 1 is 1.25 bits per heavy atom. The summed E-state index contributed by atoms with van der Waals surface area (Å²) in [5, 5.41) is 8.40. The van der Waals surface area contributed by atoms with Gasteiger partial charge < -0.3 is 0 Å². The molecule has 104 valence electrons. The van der Waals surface area contributed by atoms with Gasteiger partial charge in [0.1, 0.15) is 5.82 Å². The van der Waals surface area contributed by atoms with Crippen LogP contribution >= 0.6 is 0 Å². The van der Waals surface area contributed by atoms with E-state index in [0.717, 1.165) is 24.3 Å². The van der Waals surface area contributed by atoms with Crippen molar-refractivity contribution in [3.8, 4) is 17.9 Å². The molecule has 0 aliphatic heterocycles. The highest BCUT2D eigenvalue weighted by molar-refractivity contribution is 5.41. The molecule has 2 heteroatoms. The van der Waals surface area contributed by atoms with Crippen molar-refractivity contribution in [1.82, 2.24) is 0 Å². The first-order valence-electron chi connectivity index (χ1n) is 7.44. The molecule has 0 bridgehead atoms. The van der Waals surface area contributed by atoms with Gasteiger partial charge in [-0.15, -0.1) is 0 Å². The SMILES string of the molecule is CCC[C@H]1CC[C@H](c2ccc(C#CC#N)c(F)c2)CC1. The van der Waals surface area contributed by atoms with Gasteiger partial charge in [0, 0.05) is 5.92 Å². The van der Waals surface area contributed by atoms with E-state index in [4.69, 9.17) is 5.26 Å². The summed E-state index contributed by atoms with van der Waals surface area (Å²) in [7, 11) is 0. The summed E-state index contributed by atoms with van der Waals surface area (Å²) in [6.07, 6.45) is 7.42. The Morgan fingerprint density at radius 2 is 2.00 bits per heavy atom. The van der Waals surface area contributed by atoms with Crippen LogP contribution in [-0.4, -0.2) is 0 Å². The third kappa shape index (κ3) is 3.61. The van der Waals surface area contributed by atoms with Crippen LogP contribution in [0.4, 0.5) is 4.39 Å².